The Morgan fingerprint density at radius 2 is 2.04 bits per heavy atom. The normalized spacial score (nSPS) is 11.2. The zero-order valence-electron chi connectivity index (χ0n) is 15.0. The predicted octanol–water partition coefficient (Wildman–Crippen LogP) is 5.19. The third kappa shape index (κ3) is 4.27. The van der Waals surface area contributed by atoms with Crippen LogP contribution in [0.5, 0.6) is 5.75 Å². The Labute approximate surface area is 169 Å². The highest BCUT2D eigenvalue weighted by molar-refractivity contribution is 7.19. The third-order valence-corrected chi connectivity index (χ3v) is 5.84. The van der Waals surface area contributed by atoms with E-state index in [1.54, 1.807) is 13.2 Å². The summed E-state index contributed by atoms with van der Waals surface area (Å²) in [6.07, 6.45) is 3.07. The van der Waals surface area contributed by atoms with Gasteiger partial charge in [0, 0.05) is 17.0 Å². The van der Waals surface area contributed by atoms with E-state index in [4.69, 9.17) is 9.47 Å². The van der Waals surface area contributed by atoms with Gasteiger partial charge in [-0.25, -0.2) is 14.8 Å². The van der Waals surface area contributed by atoms with Crippen LogP contribution in [0.15, 0.2) is 60.0 Å². The van der Waals surface area contributed by atoms with Crippen LogP contribution in [0.1, 0.15) is 10.7 Å². The number of benzene rings is 2. The zero-order valence-corrected chi connectivity index (χ0v) is 16.6. The number of aromatic nitrogens is 2. The van der Waals surface area contributed by atoms with Crippen LogP contribution in [-0.2, 0) is 16.1 Å². The molecule has 140 valence electrons. The van der Waals surface area contributed by atoms with E-state index in [0.717, 1.165) is 31.5 Å². The molecule has 2 heterocycles. The lowest BCUT2D eigenvalue weighted by Crippen LogP contribution is -2.00. The standard InChI is InChI=1S/C21H16N2O3S2/c1-25-16-6-4-5-14(11-16)21-22-15(13-27-21)12-26-20(24)10-9-19-23-17-7-2-3-8-18(17)28-19/h2-11,13H,12H2,1H3/b10-9+. The van der Waals surface area contributed by atoms with Gasteiger partial charge in [-0.15, -0.1) is 22.7 Å². The minimum atomic E-state index is -0.421. The molecule has 0 saturated carbocycles. The van der Waals surface area contributed by atoms with E-state index in [0.29, 0.717) is 5.69 Å². The van der Waals surface area contributed by atoms with Gasteiger partial charge in [0.2, 0.25) is 0 Å². The minimum absolute atomic E-state index is 0.128. The van der Waals surface area contributed by atoms with Crippen molar-refractivity contribution >= 4 is 44.9 Å². The summed E-state index contributed by atoms with van der Waals surface area (Å²) in [6, 6.07) is 15.6. The molecule has 0 aliphatic carbocycles. The third-order valence-electron chi connectivity index (χ3n) is 3.90. The van der Waals surface area contributed by atoms with E-state index in [-0.39, 0.29) is 6.61 Å². The van der Waals surface area contributed by atoms with Gasteiger partial charge in [0.25, 0.3) is 0 Å². The Bertz CT molecular complexity index is 1110. The summed E-state index contributed by atoms with van der Waals surface area (Å²) >= 11 is 3.03. The second-order valence-corrected chi connectivity index (χ2v) is 7.76. The molecule has 0 N–H and O–H groups in total. The van der Waals surface area contributed by atoms with Crippen LogP contribution in [0.3, 0.4) is 0 Å². The summed E-state index contributed by atoms with van der Waals surface area (Å²) in [7, 11) is 1.63. The molecule has 0 aliphatic rings. The lowest BCUT2D eigenvalue weighted by Gasteiger charge is -2.01. The van der Waals surface area contributed by atoms with Gasteiger partial charge in [0.15, 0.2) is 0 Å². The van der Waals surface area contributed by atoms with Crippen LogP contribution in [0, 0.1) is 0 Å². The first-order valence-corrected chi connectivity index (χ1v) is 10.2. The summed E-state index contributed by atoms with van der Waals surface area (Å²) in [5, 5.41) is 3.52. The van der Waals surface area contributed by atoms with Crippen molar-refractivity contribution in [1.82, 2.24) is 9.97 Å². The van der Waals surface area contributed by atoms with Gasteiger partial charge in [-0.05, 0) is 30.3 Å². The molecule has 0 unspecified atom stereocenters. The maximum Gasteiger partial charge on any atom is 0.331 e. The minimum Gasteiger partial charge on any atom is -0.497 e. The maximum absolute atomic E-state index is 12.0. The number of rotatable bonds is 6. The number of para-hydroxylation sites is 1. The van der Waals surface area contributed by atoms with Crippen molar-refractivity contribution < 1.29 is 14.3 Å². The van der Waals surface area contributed by atoms with Gasteiger partial charge in [-0.3, -0.25) is 0 Å². The number of methoxy groups -OCH3 is 1. The summed E-state index contributed by atoms with van der Waals surface area (Å²) in [5.41, 5.74) is 2.61. The lowest BCUT2D eigenvalue weighted by atomic mass is 10.2. The van der Waals surface area contributed by atoms with Crippen molar-refractivity contribution in [2.75, 3.05) is 7.11 Å². The van der Waals surface area contributed by atoms with Crippen LogP contribution in [0.2, 0.25) is 0 Å². The Kier molecular flexibility index (Phi) is 5.45. The second kappa shape index (κ2) is 8.33. The van der Waals surface area contributed by atoms with Gasteiger partial charge < -0.3 is 9.47 Å². The topological polar surface area (TPSA) is 61.3 Å². The molecule has 4 rings (SSSR count). The first-order chi connectivity index (χ1) is 13.7. The molecule has 0 fully saturated rings. The molecular weight excluding hydrogens is 392 g/mol. The van der Waals surface area contributed by atoms with Crippen molar-refractivity contribution in [3.05, 3.63) is 70.7 Å². The molecule has 28 heavy (non-hydrogen) atoms. The monoisotopic (exact) mass is 408 g/mol. The van der Waals surface area contributed by atoms with E-state index in [1.807, 2.05) is 53.9 Å². The Balaban J connectivity index is 1.36. The first-order valence-electron chi connectivity index (χ1n) is 8.50. The number of carbonyl (C=O) groups is 1. The fourth-order valence-corrected chi connectivity index (χ4v) is 4.23. The molecule has 2 aromatic carbocycles. The van der Waals surface area contributed by atoms with Crippen LogP contribution in [0.25, 0.3) is 26.9 Å². The second-order valence-electron chi connectivity index (χ2n) is 5.84. The van der Waals surface area contributed by atoms with Crippen molar-refractivity contribution in [3.63, 3.8) is 0 Å². The molecule has 0 atom stereocenters. The fraction of sp³-hybridized carbons (Fsp3) is 0.0952. The summed E-state index contributed by atoms with van der Waals surface area (Å²) in [5.74, 6) is 0.357. The number of carbonyl (C=O) groups excluding carboxylic acids is 1. The summed E-state index contributed by atoms with van der Waals surface area (Å²) in [6.45, 7) is 0.128. The van der Waals surface area contributed by atoms with Gasteiger partial charge >= 0.3 is 5.97 Å². The van der Waals surface area contributed by atoms with Gasteiger partial charge in [-0.2, -0.15) is 0 Å². The highest BCUT2D eigenvalue weighted by atomic mass is 32.1. The van der Waals surface area contributed by atoms with E-state index in [2.05, 4.69) is 9.97 Å². The molecule has 2 aromatic heterocycles. The van der Waals surface area contributed by atoms with E-state index >= 15 is 0 Å². The number of nitrogens with zero attached hydrogens (tertiary/aromatic N) is 2. The number of thiazole rings is 2. The molecule has 0 radical (unpaired) electrons. The van der Waals surface area contributed by atoms with E-state index < -0.39 is 5.97 Å². The quantitative estimate of drug-likeness (QED) is 0.325. The molecular formula is C21H16N2O3S2. The van der Waals surface area contributed by atoms with Gasteiger partial charge in [-0.1, -0.05) is 24.3 Å². The fourth-order valence-electron chi connectivity index (χ4n) is 2.56. The molecule has 0 amide bonds. The van der Waals surface area contributed by atoms with E-state index in [9.17, 15) is 4.79 Å². The van der Waals surface area contributed by atoms with Crippen molar-refractivity contribution in [3.8, 4) is 16.3 Å². The van der Waals surface area contributed by atoms with E-state index in [1.165, 1.54) is 28.7 Å². The van der Waals surface area contributed by atoms with Crippen molar-refractivity contribution in [1.29, 1.82) is 0 Å². The summed E-state index contributed by atoms with van der Waals surface area (Å²) in [4.78, 5) is 21.0. The molecule has 5 nitrogen and oxygen atoms in total. The largest absolute Gasteiger partial charge is 0.497 e. The Morgan fingerprint density at radius 1 is 1.14 bits per heavy atom. The lowest BCUT2D eigenvalue weighted by molar-refractivity contribution is -0.139. The molecule has 4 aromatic rings. The zero-order chi connectivity index (χ0) is 19.3. The molecule has 0 saturated heterocycles. The van der Waals surface area contributed by atoms with Crippen molar-refractivity contribution in [2.45, 2.75) is 6.61 Å². The maximum atomic E-state index is 12.0. The average molecular weight is 409 g/mol. The van der Waals surface area contributed by atoms with Gasteiger partial charge in [0.05, 0.1) is 23.0 Å². The van der Waals surface area contributed by atoms with Crippen LogP contribution in [0.4, 0.5) is 0 Å². The first kappa shape index (κ1) is 18.3. The molecule has 0 spiro atoms. The average Bonchev–Trinajstić information content (AvgIpc) is 3.37. The number of ether oxygens (including phenoxy) is 2. The van der Waals surface area contributed by atoms with Crippen LogP contribution >= 0.6 is 22.7 Å². The van der Waals surface area contributed by atoms with Crippen LogP contribution in [-0.4, -0.2) is 23.0 Å². The predicted molar refractivity (Wildman–Crippen MR) is 113 cm³/mol. The Hall–Kier alpha value is -3.03. The van der Waals surface area contributed by atoms with Gasteiger partial charge in [0.1, 0.15) is 22.4 Å². The van der Waals surface area contributed by atoms with Crippen LogP contribution < -0.4 is 4.74 Å². The number of hydrogen-bond donors (Lipinski definition) is 0. The number of fused-ring (bicyclic) bond motifs is 1. The molecule has 0 bridgehead atoms. The Morgan fingerprint density at radius 3 is 2.89 bits per heavy atom. The number of esters is 1. The number of hydrogen-bond acceptors (Lipinski definition) is 7. The smallest absolute Gasteiger partial charge is 0.331 e. The molecule has 7 heteroatoms. The van der Waals surface area contributed by atoms with Crippen molar-refractivity contribution in [2.24, 2.45) is 0 Å². The molecule has 0 aliphatic heterocycles. The SMILES string of the molecule is COc1cccc(-c2nc(COC(=O)/C=C/c3nc4ccccc4s3)cs2)c1. The highest BCUT2D eigenvalue weighted by Crippen LogP contribution is 2.27. The summed E-state index contributed by atoms with van der Waals surface area (Å²) < 4.78 is 11.6. The highest BCUT2D eigenvalue weighted by Gasteiger charge is 2.08.